The number of pyridine rings is 1. The van der Waals surface area contributed by atoms with E-state index in [1.807, 2.05) is 12.1 Å². The van der Waals surface area contributed by atoms with E-state index in [0.29, 0.717) is 39.6 Å². The predicted molar refractivity (Wildman–Crippen MR) is 169 cm³/mol. The van der Waals surface area contributed by atoms with Gasteiger partial charge in [-0.2, -0.15) is 0 Å². The number of carbonyl (C=O) groups is 1. The molecule has 4 aromatic rings. The van der Waals surface area contributed by atoms with Crippen LogP contribution >= 0.6 is 0 Å². The van der Waals surface area contributed by atoms with E-state index in [1.165, 1.54) is 43.0 Å². The summed E-state index contributed by atoms with van der Waals surface area (Å²) >= 11 is 0. The van der Waals surface area contributed by atoms with Crippen molar-refractivity contribution in [1.29, 1.82) is 0 Å². The third-order valence-electron chi connectivity index (χ3n) is 10.1. The third kappa shape index (κ3) is 5.66. The Bertz CT molecular complexity index is 1650. The molecule has 1 aliphatic carbocycles. The first kappa shape index (κ1) is 28.8. The van der Waals surface area contributed by atoms with E-state index >= 15 is 0 Å². The smallest absolute Gasteiger partial charge is 0.153 e. The molecule has 1 saturated carbocycles. The van der Waals surface area contributed by atoms with Crippen molar-refractivity contribution in [3.05, 3.63) is 77.4 Å². The van der Waals surface area contributed by atoms with Crippen LogP contribution in [0.25, 0.3) is 11.0 Å². The van der Waals surface area contributed by atoms with Gasteiger partial charge in [-0.15, -0.1) is 0 Å². The molecule has 0 amide bonds. The molecule has 1 spiro atoms. The Kier molecular flexibility index (Phi) is 7.76. The van der Waals surface area contributed by atoms with Gasteiger partial charge in [0.2, 0.25) is 0 Å². The van der Waals surface area contributed by atoms with Gasteiger partial charge in [0.15, 0.2) is 6.29 Å². The Balaban J connectivity index is 0.915. The number of piperazine rings is 1. The van der Waals surface area contributed by atoms with Crippen LogP contribution in [0.4, 0.5) is 10.1 Å². The zero-order chi connectivity index (χ0) is 30.3. The van der Waals surface area contributed by atoms with E-state index in [2.05, 4.69) is 49.8 Å². The van der Waals surface area contributed by atoms with Crippen LogP contribution < -0.4 is 14.4 Å². The number of hydrogen-bond acceptors (Lipinski definition) is 7. The van der Waals surface area contributed by atoms with Crippen molar-refractivity contribution in [2.24, 2.45) is 5.41 Å². The standard InChI is InChI=1S/C35H40FN5O3/c1-24-3-4-25(15-32(24)43-2)22-39-11-13-41(14-12-39)28-18-35(19-28)7-9-40(10-8-35)27-6-5-26(23-42)33(16-27)44-29-17-30-31(36)21-38-34(30)37-20-29/h3-6,15-17,20-21,23,28H,7-14,18-19,22H2,1-2H3,(H,37,38). The molecule has 2 aliphatic heterocycles. The lowest BCUT2D eigenvalue weighted by atomic mass is 9.60. The minimum absolute atomic E-state index is 0.358. The van der Waals surface area contributed by atoms with Gasteiger partial charge in [-0.1, -0.05) is 12.1 Å². The van der Waals surface area contributed by atoms with Crippen LogP contribution in [-0.4, -0.2) is 78.5 Å². The zero-order valence-corrected chi connectivity index (χ0v) is 25.5. The quantitative estimate of drug-likeness (QED) is 0.243. The fourth-order valence-electron chi connectivity index (χ4n) is 7.39. The molecular formula is C35H40FN5O3. The first-order valence-corrected chi connectivity index (χ1v) is 15.7. The minimum atomic E-state index is -0.385. The fourth-order valence-corrected chi connectivity index (χ4v) is 7.39. The van der Waals surface area contributed by atoms with E-state index in [1.54, 1.807) is 25.4 Å². The average Bonchev–Trinajstić information content (AvgIpc) is 3.41. The molecule has 4 heterocycles. The minimum Gasteiger partial charge on any atom is -0.496 e. The highest BCUT2D eigenvalue weighted by atomic mass is 19.1. The number of H-pyrrole nitrogens is 1. The fraction of sp³-hybridized carbons (Fsp3) is 0.429. The number of aldehydes is 1. The van der Waals surface area contributed by atoms with Crippen molar-refractivity contribution in [2.45, 2.75) is 45.2 Å². The molecule has 9 heteroatoms. The number of aromatic nitrogens is 2. The number of fused-ring (bicyclic) bond motifs is 1. The molecule has 2 aromatic heterocycles. The summed E-state index contributed by atoms with van der Waals surface area (Å²) in [5.41, 5.74) is 4.90. The number of benzene rings is 2. The predicted octanol–water partition coefficient (Wildman–Crippen LogP) is 6.19. The average molecular weight is 598 g/mol. The van der Waals surface area contributed by atoms with E-state index < -0.39 is 0 Å². The monoisotopic (exact) mass is 597 g/mol. The van der Waals surface area contributed by atoms with Crippen LogP contribution in [0.3, 0.4) is 0 Å². The summed E-state index contributed by atoms with van der Waals surface area (Å²) in [5, 5.41) is 0.358. The molecule has 0 bridgehead atoms. The van der Waals surface area contributed by atoms with Gasteiger partial charge in [0, 0.05) is 69.8 Å². The van der Waals surface area contributed by atoms with Crippen LogP contribution in [-0.2, 0) is 6.54 Å². The molecule has 7 rings (SSSR count). The van der Waals surface area contributed by atoms with Gasteiger partial charge in [-0.3, -0.25) is 14.6 Å². The first-order chi connectivity index (χ1) is 21.4. The molecule has 0 radical (unpaired) electrons. The number of ether oxygens (including phenoxy) is 2. The van der Waals surface area contributed by atoms with Crippen LogP contribution in [0, 0.1) is 18.2 Å². The number of halogens is 1. The summed E-state index contributed by atoms with van der Waals surface area (Å²) in [4.78, 5) is 26.5. The van der Waals surface area contributed by atoms with Crippen molar-refractivity contribution in [1.82, 2.24) is 19.8 Å². The largest absolute Gasteiger partial charge is 0.496 e. The summed E-state index contributed by atoms with van der Waals surface area (Å²) in [6, 6.07) is 14.6. The Hall–Kier alpha value is -3.95. The molecule has 230 valence electrons. The van der Waals surface area contributed by atoms with Crippen LogP contribution in [0.5, 0.6) is 17.2 Å². The Morgan fingerprint density at radius 1 is 1.02 bits per heavy atom. The number of aromatic amines is 1. The lowest BCUT2D eigenvalue weighted by molar-refractivity contribution is -0.0355. The number of piperidine rings is 1. The second kappa shape index (κ2) is 11.9. The Labute approximate surface area is 257 Å². The number of nitrogens with zero attached hydrogens (tertiary/aromatic N) is 4. The van der Waals surface area contributed by atoms with Crippen LogP contribution in [0.2, 0.25) is 0 Å². The zero-order valence-electron chi connectivity index (χ0n) is 25.5. The number of anilines is 1. The van der Waals surface area contributed by atoms with Crippen molar-refractivity contribution in [3.8, 4) is 17.2 Å². The second-order valence-corrected chi connectivity index (χ2v) is 12.8. The summed E-state index contributed by atoms with van der Waals surface area (Å²) < 4.78 is 25.6. The molecule has 44 heavy (non-hydrogen) atoms. The summed E-state index contributed by atoms with van der Waals surface area (Å²) in [6.45, 7) is 9.54. The molecule has 2 aromatic carbocycles. The maximum Gasteiger partial charge on any atom is 0.153 e. The number of carbonyl (C=O) groups excluding carboxylic acids is 1. The maximum atomic E-state index is 14.1. The van der Waals surface area contributed by atoms with Gasteiger partial charge < -0.3 is 19.4 Å². The van der Waals surface area contributed by atoms with Gasteiger partial charge in [-0.05, 0) is 73.4 Å². The van der Waals surface area contributed by atoms with Gasteiger partial charge in [-0.25, -0.2) is 9.37 Å². The normalized spacial score (nSPS) is 19.3. The number of methoxy groups -OCH3 is 1. The number of nitrogens with one attached hydrogen (secondary N) is 1. The number of aryl methyl sites for hydroxylation is 1. The SMILES string of the molecule is COc1cc(CN2CCN(C3CC4(CCN(c5ccc(C=O)c(Oc6cnc7[nH]cc(F)c7c6)c5)CC4)C3)CC2)ccc1C. The summed E-state index contributed by atoms with van der Waals surface area (Å²) in [7, 11) is 1.74. The van der Waals surface area contributed by atoms with Gasteiger partial charge in [0.1, 0.15) is 28.7 Å². The highest BCUT2D eigenvalue weighted by Gasteiger charge is 2.48. The molecule has 2 saturated heterocycles. The van der Waals surface area contributed by atoms with Gasteiger partial charge in [0.05, 0.1) is 24.3 Å². The molecule has 8 nitrogen and oxygen atoms in total. The van der Waals surface area contributed by atoms with Gasteiger partial charge >= 0.3 is 0 Å². The van der Waals surface area contributed by atoms with E-state index in [-0.39, 0.29) is 5.82 Å². The van der Waals surface area contributed by atoms with Crippen molar-refractivity contribution in [2.75, 3.05) is 51.3 Å². The first-order valence-electron chi connectivity index (χ1n) is 15.7. The topological polar surface area (TPSA) is 73.9 Å². The van der Waals surface area contributed by atoms with E-state index in [9.17, 15) is 9.18 Å². The van der Waals surface area contributed by atoms with Crippen LogP contribution in [0.1, 0.15) is 47.2 Å². The maximum absolute atomic E-state index is 14.1. The molecule has 3 aliphatic rings. The lowest BCUT2D eigenvalue weighted by Gasteiger charge is -2.56. The summed E-state index contributed by atoms with van der Waals surface area (Å²) in [6.07, 6.45) is 8.55. The highest BCUT2D eigenvalue weighted by molar-refractivity contribution is 5.82. The molecule has 0 atom stereocenters. The molecule has 3 fully saturated rings. The van der Waals surface area contributed by atoms with E-state index in [4.69, 9.17) is 9.47 Å². The Morgan fingerprint density at radius 2 is 1.82 bits per heavy atom. The lowest BCUT2D eigenvalue weighted by Crippen LogP contribution is -2.59. The van der Waals surface area contributed by atoms with Crippen molar-refractivity contribution >= 4 is 23.0 Å². The number of hydrogen-bond donors (Lipinski definition) is 1. The molecule has 0 unspecified atom stereocenters. The van der Waals surface area contributed by atoms with Gasteiger partial charge in [0.25, 0.3) is 0 Å². The third-order valence-corrected chi connectivity index (χ3v) is 10.1. The molecular weight excluding hydrogens is 557 g/mol. The van der Waals surface area contributed by atoms with Crippen molar-refractivity contribution in [3.63, 3.8) is 0 Å². The molecule has 1 N–H and O–H groups in total. The van der Waals surface area contributed by atoms with E-state index in [0.717, 1.165) is 63.5 Å². The number of rotatable bonds is 8. The van der Waals surface area contributed by atoms with Crippen LogP contribution in [0.15, 0.2) is 54.9 Å². The second-order valence-electron chi connectivity index (χ2n) is 12.8. The van der Waals surface area contributed by atoms with Crippen molar-refractivity contribution < 1.29 is 18.7 Å². The summed E-state index contributed by atoms with van der Waals surface area (Å²) in [5.74, 6) is 1.44. The Morgan fingerprint density at radius 3 is 2.57 bits per heavy atom. The highest BCUT2D eigenvalue weighted by Crippen LogP contribution is 2.51.